The van der Waals surface area contributed by atoms with Crippen LogP contribution in [0.5, 0.6) is 0 Å². The minimum absolute atomic E-state index is 0.0635. The molecule has 0 atom stereocenters. The van der Waals surface area contributed by atoms with E-state index in [1.54, 1.807) is 30.5 Å². The number of pyridine rings is 1. The van der Waals surface area contributed by atoms with Crippen molar-refractivity contribution in [2.45, 2.75) is 11.4 Å². The van der Waals surface area contributed by atoms with E-state index in [4.69, 9.17) is 0 Å². The molecule has 0 aliphatic rings. The van der Waals surface area contributed by atoms with Gasteiger partial charge in [-0.1, -0.05) is 30.3 Å². The van der Waals surface area contributed by atoms with Crippen LogP contribution >= 0.6 is 0 Å². The number of hydrogen-bond acceptors (Lipinski definition) is 3. The first kappa shape index (κ1) is 17.2. The topological polar surface area (TPSA) is 54.7 Å². The average molecular weight is 381 g/mol. The van der Waals surface area contributed by atoms with E-state index in [1.807, 2.05) is 34.9 Å². The third-order valence-corrected chi connectivity index (χ3v) is 6.00. The summed E-state index contributed by atoms with van der Waals surface area (Å²) in [5.41, 5.74) is 1.92. The molecule has 7 heteroatoms. The molecule has 0 aliphatic heterocycles. The second-order valence-corrected chi connectivity index (χ2v) is 7.85. The summed E-state index contributed by atoms with van der Waals surface area (Å²) in [7, 11) is -3.97. The number of aromatic nitrogens is 2. The zero-order valence-corrected chi connectivity index (χ0v) is 15.1. The molecule has 0 spiro atoms. The highest BCUT2D eigenvalue weighted by Crippen LogP contribution is 2.26. The van der Waals surface area contributed by atoms with Crippen molar-refractivity contribution in [1.29, 1.82) is 0 Å². The number of rotatable bonds is 5. The van der Waals surface area contributed by atoms with Crippen LogP contribution in [0.1, 0.15) is 5.69 Å². The molecular formula is C20H16FN3O2S. The second kappa shape index (κ2) is 6.85. The van der Waals surface area contributed by atoms with Gasteiger partial charge >= 0.3 is 0 Å². The van der Waals surface area contributed by atoms with E-state index in [0.717, 1.165) is 11.7 Å². The number of sulfonamides is 1. The predicted molar refractivity (Wildman–Crippen MR) is 101 cm³/mol. The number of imidazole rings is 1. The summed E-state index contributed by atoms with van der Waals surface area (Å²) < 4.78 is 43.3. The Labute approximate surface area is 156 Å². The van der Waals surface area contributed by atoms with Crippen LogP contribution in [0.4, 0.5) is 10.1 Å². The fraction of sp³-hybridized carbons (Fsp3) is 0.0500. The average Bonchev–Trinajstić information content (AvgIpc) is 3.10. The number of halogens is 1. The third-order valence-electron chi connectivity index (χ3n) is 4.23. The zero-order chi connectivity index (χ0) is 18.9. The number of benzene rings is 2. The van der Waals surface area contributed by atoms with Gasteiger partial charge in [-0.05, 0) is 42.5 Å². The van der Waals surface area contributed by atoms with Crippen molar-refractivity contribution in [3.63, 3.8) is 0 Å². The lowest BCUT2D eigenvalue weighted by molar-refractivity contribution is 0.585. The fourth-order valence-electron chi connectivity index (χ4n) is 2.91. The molecule has 27 heavy (non-hydrogen) atoms. The third kappa shape index (κ3) is 3.29. The van der Waals surface area contributed by atoms with Crippen molar-refractivity contribution >= 4 is 21.4 Å². The highest BCUT2D eigenvalue weighted by Gasteiger charge is 2.26. The quantitative estimate of drug-likeness (QED) is 0.527. The van der Waals surface area contributed by atoms with Gasteiger partial charge in [0.15, 0.2) is 0 Å². The van der Waals surface area contributed by atoms with Gasteiger partial charge in [0.05, 0.1) is 29.0 Å². The summed E-state index contributed by atoms with van der Waals surface area (Å²) in [5.74, 6) is -0.598. The monoisotopic (exact) mass is 381 g/mol. The van der Waals surface area contributed by atoms with E-state index < -0.39 is 15.8 Å². The highest BCUT2D eigenvalue weighted by molar-refractivity contribution is 7.92. The van der Waals surface area contributed by atoms with Crippen LogP contribution < -0.4 is 4.31 Å². The van der Waals surface area contributed by atoms with E-state index >= 15 is 0 Å². The van der Waals surface area contributed by atoms with Crippen LogP contribution in [-0.4, -0.2) is 17.8 Å². The van der Waals surface area contributed by atoms with Gasteiger partial charge in [-0.25, -0.2) is 17.8 Å². The van der Waals surface area contributed by atoms with Gasteiger partial charge in [-0.3, -0.25) is 4.31 Å². The maximum absolute atomic E-state index is 13.7. The largest absolute Gasteiger partial charge is 0.302 e. The normalized spacial score (nSPS) is 11.6. The lowest BCUT2D eigenvalue weighted by Gasteiger charge is -2.24. The first-order chi connectivity index (χ1) is 13.1. The lowest BCUT2D eigenvalue weighted by Crippen LogP contribution is -2.31. The SMILES string of the molecule is O=S(=O)(c1cccc(F)c1)N(Cc1cnc2ccccn12)c1ccccc1. The Morgan fingerprint density at radius 3 is 2.52 bits per heavy atom. The molecule has 4 rings (SSSR count). The molecule has 0 radical (unpaired) electrons. The predicted octanol–water partition coefficient (Wildman–Crippen LogP) is 3.87. The highest BCUT2D eigenvalue weighted by atomic mass is 32.2. The number of para-hydroxylation sites is 1. The molecule has 5 nitrogen and oxygen atoms in total. The Morgan fingerprint density at radius 2 is 1.74 bits per heavy atom. The van der Waals surface area contributed by atoms with Crippen molar-refractivity contribution in [3.8, 4) is 0 Å². The van der Waals surface area contributed by atoms with Crippen LogP contribution in [0.2, 0.25) is 0 Å². The summed E-state index contributed by atoms with van der Waals surface area (Å²) in [5, 5.41) is 0. The van der Waals surface area contributed by atoms with E-state index in [-0.39, 0.29) is 11.4 Å². The number of anilines is 1. The summed E-state index contributed by atoms with van der Waals surface area (Å²) in [6.45, 7) is 0.0635. The lowest BCUT2D eigenvalue weighted by atomic mass is 10.3. The molecule has 0 saturated heterocycles. The molecule has 0 unspecified atom stereocenters. The van der Waals surface area contributed by atoms with Gasteiger partial charge < -0.3 is 4.40 Å². The molecule has 2 aromatic carbocycles. The van der Waals surface area contributed by atoms with Crippen LogP contribution in [0.25, 0.3) is 5.65 Å². The van der Waals surface area contributed by atoms with Crippen molar-refractivity contribution < 1.29 is 12.8 Å². The van der Waals surface area contributed by atoms with Crippen LogP contribution in [0.15, 0.2) is 90.1 Å². The molecule has 0 amide bonds. The van der Waals surface area contributed by atoms with Gasteiger partial charge in [-0.15, -0.1) is 0 Å². The second-order valence-electron chi connectivity index (χ2n) is 5.98. The first-order valence-corrected chi connectivity index (χ1v) is 9.74. The molecular weight excluding hydrogens is 365 g/mol. The molecule has 0 bridgehead atoms. The number of hydrogen-bond donors (Lipinski definition) is 0. The smallest absolute Gasteiger partial charge is 0.264 e. The maximum atomic E-state index is 13.7. The van der Waals surface area contributed by atoms with Gasteiger partial charge in [0.1, 0.15) is 11.5 Å². The fourth-order valence-corrected chi connectivity index (χ4v) is 4.38. The minimum atomic E-state index is -3.97. The van der Waals surface area contributed by atoms with E-state index in [2.05, 4.69) is 4.98 Å². The summed E-state index contributed by atoms with van der Waals surface area (Å²) >= 11 is 0. The molecule has 136 valence electrons. The first-order valence-electron chi connectivity index (χ1n) is 8.30. The van der Waals surface area contributed by atoms with E-state index in [0.29, 0.717) is 11.4 Å². The molecule has 2 heterocycles. The van der Waals surface area contributed by atoms with Gasteiger partial charge in [-0.2, -0.15) is 0 Å². The Morgan fingerprint density at radius 1 is 0.963 bits per heavy atom. The van der Waals surface area contributed by atoms with Crippen molar-refractivity contribution in [2.24, 2.45) is 0 Å². The molecule has 4 aromatic rings. The van der Waals surface area contributed by atoms with Gasteiger partial charge in [0, 0.05) is 6.20 Å². The Balaban J connectivity index is 1.83. The van der Waals surface area contributed by atoms with Gasteiger partial charge in [0.25, 0.3) is 10.0 Å². The van der Waals surface area contributed by atoms with E-state index in [1.165, 1.54) is 22.5 Å². The molecule has 0 saturated carbocycles. The zero-order valence-electron chi connectivity index (χ0n) is 14.2. The molecule has 2 aromatic heterocycles. The minimum Gasteiger partial charge on any atom is -0.302 e. The van der Waals surface area contributed by atoms with Crippen molar-refractivity contribution in [2.75, 3.05) is 4.31 Å². The molecule has 0 fully saturated rings. The van der Waals surface area contributed by atoms with Crippen LogP contribution in [0, 0.1) is 5.82 Å². The Bertz CT molecular complexity index is 1190. The molecule has 0 N–H and O–H groups in total. The Hall–Kier alpha value is -3.19. The van der Waals surface area contributed by atoms with Crippen molar-refractivity contribution in [1.82, 2.24) is 9.38 Å². The number of nitrogens with zero attached hydrogens (tertiary/aromatic N) is 3. The van der Waals surface area contributed by atoms with E-state index in [9.17, 15) is 12.8 Å². The standard InChI is InChI=1S/C20H16FN3O2S/c21-16-7-6-10-19(13-16)27(25,26)24(17-8-2-1-3-9-17)15-18-14-22-20-11-4-5-12-23(18)20/h1-14H,15H2. The van der Waals surface area contributed by atoms with Crippen LogP contribution in [0.3, 0.4) is 0 Å². The molecule has 0 aliphatic carbocycles. The van der Waals surface area contributed by atoms with Crippen molar-refractivity contribution in [3.05, 3.63) is 96.7 Å². The maximum Gasteiger partial charge on any atom is 0.264 e. The number of fused-ring (bicyclic) bond motifs is 1. The van der Waals surface area contributed by atoms with Crippen LogP contribution in [-0.2, 0) is 16.6 Å². The summed E-state index contributed by atoms with van der Waals surface area (Å²) in [6, 6.07) is 19.3. The Kier molecular flexibility index (Phi) is 4.37. The van der Waals surface area contributed by atoms with Gasteiger partial charge in [0.2, 0.25) is 0 Å². The summed E-state index contributed by atoms with van der Waals surface area (Å²) in [6.07, 6.45) is 3.47. The summed E-state index contributed by atoms with van der Waals surface area (Å²) in [4.78, 5) is 4.22.